The molecule has 150 valence electrons. The predicted molar refractivity (Wildman–Crippen MR) is 111 cm³/mol. The zero-order valence-corrected chi connectivity index (χ0v) is 16.9. The molecule has 2 amide bonds. The summed E-state index contributed by atoms with van der Waals surface area (Å²) in [5.74, 6) is 0. The molecule has 2 N–H and O–H groups in total. The molecule has 0 unspecified atom stereocenters. The fourth-order valence-electron chi connectivity index (χ4n) is 3.30. The summed E-state index contributed by atoms with van der Waals surface area (Å²) in [5.41, 5.74) is 1.48. The molecule has 1 atom stereocenters. The highest BCUT2D eigenvalue weighted by Gasteiger charge is 2.19. The number of sulfonamides is 1. The van der Waals surface area contributed by atoms with Gasteiger partial charge in [0.15, 0.2) is 0 Å². The third kappa shape index (κ3) is 5.33. The van der Waals surface area contributed by atoms with Gasteiger partial charge in [0, 0.05) is 24.8 Å². The Morgan fingerprint density at radius 2 is 1.54 bits per heavy atom. The summed E-state index contributed by atoms with van der Waals surface area (Å²) in [6.45, 7) is 3.34. The van der Waals surface area contributed by atoms with Crippen molar-refractivity contribution in [3.63, 3.8) is 0 Å². The van der Waals surface area contributed by atoms with Crippen molar-refractivity contribution in [3.05, 3.63) is 60.2 Å². The Morgan fingerprint density at radius 1 is 0.929 bits per heavy atom. The Bertz CT molecular complexity index is 875. The highest BCUT2D eigenvalue weighted by atomic mass is 32.2. The van der Waals surface area contributed by atoms with Gasteiger partial charge in [0.1, 0.15) is 0 Å². The van der Waals surface area contributed by atoms with E-state index in [0.29, 0.717) is 5.69 Å². The minimum Gasteiger partial charge on any atom is -0.325 e. The van der Waals surface area contributed by atoms with Crippen LogP contribution in [0.15, 0.2) is 59.5 Å². The predicted octanol–water partition coefficient (Wildman–Crippen LogP) is 4.13. The zero-order valence-electron chi connectivity index (χ0n) is 16.1. The first-order valence-corrected chi connectivity index (χ1v) is 11.2. The molecule has 28 heavy (non-hydrogen) atoms. The van der Waals surface area contributed by atoms with Crippen molar-refractivity contribution in [1.82, 2.24) is 9.62 Å². The fourth-order valence-corrected chi connectivity index (χ4v) is 4.54. The molecule has 0 aromatic heterocycles. The average Bonchev–Trinajstić information content (AvgIpc) is 2.98. The summed E-state index contributed by atoms with van der Waals surface area (Å²) >= 11 is 0. The fraction of sp³-hybridized carbons (Fsp3) is 0.381. The van der Waals surface area contributed by atoms with Crippen LogP contribution in [0, 0.1) is 0 Å². The van der Waals surface area contributed by atoms with Crippen LogP contribution < -0.4 is 10.0 Å². The van der Waals surface area contributed by atoms with Crippen LogP contribution in [-0.2, 0) is 10.0 Å². The molecule has 2 aromatic rings. The Hall–Kier alpha value is -2.38. The standard InChI is InChI=1S/C21H27N3O3S/c1-17(18-9-5-4-6-10-18)23-28(26,27)20-13-11-19(12-14-20)22-21(25)24-15-7-2-3-8-16-24/h4-6,9-14,17,23H,2-3,7-8,15-16H2,1H3,(H,22,25)/t17-/m0/s1. The Kier molecular flexibility index (Phi) is 6.70. The monoisotopic (exact) mass is 401 g/mol. The molecule has 0 radical (unpaired) electrons. The Morgan fingerprint density at radius 3 is 2.14 bits per heavy atom. The van der Waals surface area contributed by atoms with Crippen molar-refractivity contribution in [1.29, 1.82) is 0 Å². The molecular weight excluding hydrogens is 374 g/mol. The Balaban J connectivity index is 1.63. The lowest BCUT2D eigenvalue weighted by Gasteiger charge is -2.21. The van der Waals surface area contributed by atoms with Crippen molar-refractivity contribution >= 4 is 21.7 Å². The van der Waals surface area contributed by atoms with Crippen LogP contribution in [0.2, 0.25) is 0 Å². The third-order valence-corrected chi connectivity index (χ3v) is 6.50. The molecule has 1 aliphatic rings. The van der Waals surface area contributed by atoms with Crippen molar-refractivity contribution in [3.8, 4) is 0 Å². The first-order valence-electron chi connectivity index (χ1n) is 9.69. The largest absolute Gasteiger partial charge is 0.325 e. The summed E-state index contributed by atoms with van der Waals surface area (Å²) in [6.07, 6.45) is 4.36. The minimum atomic E-state index is -3.65. The van der Waals surface area contributed by atoms with Crippen LogP contribution >= 0.6 is 0 Å². The summed E-state index contributed by atoms with van der Waals surface area (Å²) in [4.78, 5) is 14.4. The zero-order chi connectivity index (χ0) is 20.0. The third-order valence-electron chi connectivity index (χ3n) is 4.94. The lowest BCUT2D eigenvalue weighted by molar-refractivity contribution is 0.214. The number of carbonyl (C=O) groups excluding carboxylic acids is 1. The van der Waals surface area contributed by atoms with Crippen LogP contribution in [0.25, 0.3) is 0 Å². The van der Waals surface area contributed by atoms with E-state index in [4.69, 9.17) is 0 Å². The van der Waals surface area contributed by atoms with Gasteiger partial charge in [0.05, 0.1) is 4.90 Å². The number of urea groups is 1. The minimum absolute atomic E-state index is 0.131. The van der Waals surface area contributed by atoms with Crippen molar-refractivity contribution in [2.24, 2.45) is 0 Å². The van der Waals surface area contributed by atoms with E-state index in [1.807, 2.05) is 42.2 Å². The molecule has 3 rings (SSSR count). The molecule has 1 fully saturated rings. The molecule has 7 heteroatoms. The number of hydrogen-bond acceptors (Lipinski definition) is 3. The van der Waals surface area contributed by atoms with E-state index in [1.165, 1.54) is 12.1 Å². The highest BCUT2D eigenvalue weighted by molar-refractivity contribution is 7.89. The number of benzene rings is 2. The number of anilines is 1. The van der Waals surface area contributed by atoms with Gasteiger partial charge >= 0.3 is 6.03 Å². The average molecular weight is 402 g/mol. The molecule has 2 aromatic carbocycles. The maximum Gasteiger partial charge on any atom is 0.321 e. The van der Waals surface area contributed by atoms with Gasteiger partial charge in [-0.05, 0) is 49.6 Å². The van der Waals surface area contributed by atoms with Crippen molar-refractivity contribution in [2.75, 3.05) is 18.4 Å². The van der Waals surface area contributed by atoms with Crippen LogP contribution in [0.4, 0.5) is 10.5 Å². The van der Waals surface area contributed by atoms with Gasteiger partial charge in [-0.15, -0.1) is 0 Å². The van der Waals surface area contributed by atoms with Crippen molar-refractivity contribution < 1.29 is 13.2 Å². The summed E-state index contributed by atoms with van der Waals surface area (Å²) in [7, 11) is -3.65. The highest BCUT2D eigenvalue weighted by Crippen LogP contribution is 2.19. The number of hydrogen-bond donors (Lipinski definition) is 2. The molecule has 1 saturated heterocycles. The lowest BCUT2D eigenvalue weighted by atomic mass is 10.1. The summed E-state index contributed by atoms with van der Waals surface area (Å²) in [5, 5.41) is 2.86. The second-order valence-electron chi connectivity index (χ2n) is 7.11. The number of amides is 2. The van der Waals surface area contributed by atoms with E-state index >= 15 is 0 Å². The lowest BCUT2D eigenvalue weighted by Crippen LogP contribution is -2.35. The van der Waals surface area contributed by atoms with Crippen LogP contribution in [-0.4, -0.2) is 32.4 Å². The van der Waals surface area contributed by atoms with Crippen LogP contribution in [0.1, 0.15) is 44.2 Å². The van der Waals surface area contributed by atoms with E-state index in [0.717, 1.165) is 44.3 Å². The number of likely N-dealkylation sites (tertiary alicyclic amines) is 1. The molecule has 0 spiro atoms. The first kappa shape index (κ1) is 20.4. The molecule has 6 nitrogen and oxygen atoms in total. The molecule has 1 aliphatic heterocycles. The normalized spacial score (nSPS) is 16.2. The second-order valence-corrected chi connectivity index (χ2v) is 8.82. The maximum absolute atomic E-state index is 12.6. The van der Waals surface area contributed by atoms with Crippen LogP contribution in [0.5, 0.6) is 0 Å². The van der Waals surface area contributed by atoms with E-state index < -0.39 is 10.0 Å². The van der Waals surface area contributed by atoms with Gasteiger partial charge < -0.3 is 10.2 Å². The summed E-state index contributed by atoms with van der Waals surface area (Å²) in [6, 6.07) is 15.2. The van der Waals surface area contributed by atoms with Gasteiger partial charge in [-0.25, -0.2) is 17.9 Å². The van der Waals surface area contributed by atoms with Gasteiger partial charge in [-0.2, -0.15) is 0 Å². The van der Waals surface area contributed by atoms with E-state index in [-0.39, 0.29) is 17.0 Å². The topological polar surface area (TPSA) is 78.5 Å². The maximum atomic E-state index is 12.6. The van der Waals surface area contributed by atoms with E-state index in [2.05, 4.69) is 10.0 Å². The quantitative estimate of drug-likeness (QED) is 0.790. The van der Waals surface area contributed by atoms with Gasteiger partial charge in [-0.1, -0.05) is 43.2 Å². The SMILES string of the molecule is C[C@H](NS(=O)(=O)c1ccc(NC(=O)N2CCCCCC2)cc1)c1ccccc1. The van der Waals surface area contributed by atoms with Gasteiger partial charge in [0.2, 0.25) is 10.0 Å². The molecular formula is C21H27N3O3S. The molecule has 0 bridgehead atoms. The van der Waals surface area contributed by atoms with Gasteiger partial charge in [-0.3, -0.25) is 0 Å². The van der Waals surface area contributed by atoms with E-state index in [1.54, 1.807) is 12.1 Å². The van der Waals surface area contributed by atoms with Crippen LogP contribution in [0.3, 0.4) is 0 Å². The number of nitrogens with zero attached hydrogens (tertiary/aromatic N) is 1. The summed E-state index contributed by atoms with van der Waals surface area (Å²) < 4.78 is 27.9. The molecule has 0 aliphatic carbocycles. The first-order chi connectivity index (χ1) is 13.5. The number of nitrogens with one attached hydrogen (secondary N) is 2. The molecule has 1 heterocycles. The van der Waals surface area contributed by atoms with Crippen molar-refractivity contribution in [2.45, 2.75) is 43.5 Å². The molecule has 0 saturated carbocycles. The van der Waals surface area contributed by atoms with E-state index in [9.17, 15) is 13.2 Å². The van der Waals surface area contributed by atoms with Gasteiger partial charge in [0.25, 0.3) is 0 Å². The smallest absolute Gasteiger partial charge is 0.321 e. The number of carbonyl (C=O) groups is 1. The Labute approximate surface area is 167 Å². The number of rotatable bonds is 5. The second kappa shape index (κ2) is 9.21.